The van der Waals surface area contributed by atoms with Gasteiger partial charge < -0.3 is 5.32 Å². The highest BCUT2D eigenvalue weighted by Crippen LogP contribution is 2.44. The number of hydrogen-bond acceptors (Lipinski definition) is 2. The Morgan fingerprint density at radius 2 is 1.10 bits per heavy atom. The van der Waals surface area contributed by atoms with Gasteiger partial charge in [-0.3, -0.25) is 4.99 Å². The van der Waals surface area contributed by atoms with Gasteiger partial charge >= 0.3 is 0 Å². The number of aliphatic imine (C=N–C) groups is 1. The molecule has 7 aromatic rings. The third-order valence-electron chi connectivity index (χ3n) is 8.61. The molecule has 0 saturated carbocycles. The first-order valence-electron chi connectivity index (χ1n) is 14.6. The van der Waals surface area contributed by atoms with Crippen molar-refractivity contribution in [2.45, 2.75) is 20.0 Å². The highest BCUT2D eigenvalue weighted by molar-refractivity contribution is 6.28. The second kappa shape index (κ2) is 9.71. The predicted octanol–water partition coefficient (Wildman–Crippen LogP) is 10.6. The molecule has 2 heteroatoms. The fourth-order valence-corrected chi connectivity index (χ4v) is 6.63. The standard InChI is InChI=1S/C40H30N2/c1-25-23-26(2)42-40(41-25)33-17-15-30(16-18-33)37-24-36(29-13-11-28(12-14-29)27-7-4-3-5-8-27)34-21-19-31-9-6-10-32-20-22-35(37)39(34)38(31)32/h3-24,40-41H,1-2H3. The minimum atomic E-state index is -0.0518. The summed E-state index contributed by atoms with van der Waals surface area (Å²) in [6.07, 6.45) is 2.04. The van der Waals surface area contributed by atoms with Crippen molar-refractivity contribution in [2.75, 3.05) is 0 Å². The van der Waals surface area contributed by atoms with E-state index < -0.39 is 0 Å². The number of nitrogens with one attached hydrogen (secondary N) is 1. The zero-order valence-corrected chi connectivity index (χ0v) is 23.7. The van der Waals surface area contributed by atoms with Gasteiger partial charge in [0, 0.05) is 11.4 Å². The summed E-state index contributed by atoms with van der Waals surface area (Å²) in [5, 5.41) is 11.3. The number of rotatable bonds is 4. The molecule has 1 aliphatic rings. The van der Waals surface area contributed by atoms with E-state index in [4.69, 9.17) is 4.99 Å². The Morgan fingerprint density at radius 1 is 0.524 bits per heavy atom. The van der Waals surface area contributed by atoms with Gasteiger partial charge in [-0.2, -0.15) is 0 Å². The minimum absolute atomic E-state index is 0.0518. The fourth-order valence-electron chi connectivity index (χ4n) is 6.63. The SMILES string of the molecule is CC1=CC(C)=NC(c2ccc(-c3cc(-c4ccc(-c5ccccc5)cc4)c4ccc5cccc6ccc3c4c56)cc2)N1. The van der Waals surface area contributed by atoms with E-state index in [-0.39, 0.29) is 6.17 Å². The molecule has 0 aliphatic carbocycles. The quantitative estimate of drug-likeness (QED) is 0.221. The van der Waals surface area contributed by atoms with Gasteiger partial charge in [-0.05, 0) is 97.3 Å². The van der Waals surface area contributed by atoms with Gasteiger partial charge in [0.15, 0.2) is 0 Å². The van der Waals surface area contributed by atoms with Crippen LogP contribution < -0.4 is 5.32 Å². The normalized spacial score (nSPS) is 15.1. The maximum absolute atomic E-state index is 4.82. The molecule has 2 nitrogen and oxygen atoms in total. The molecule has 200 valence electrons. The average Bonchev–Trinajstić information content (AvgIpc) is 3.03. The summed E-state index contributed by atoms with van der Waals surface area (Å²) >= 11 is 0. The van der Waals surface area contributed by atoms with Crippen LogP contribution in [0.25, 0.3) is 65.7 Å². The molecule has 1 unspecified atom stereocenters. The van der Waals surface area contributed by atoms with E-state index in [9.17, 15) is 0 Å². The summed E-state index contributed by atoms with van der Waals surface area (Å²) in [4.78, 5) is 4.82. The molecule has 0 fully saturated rings. The summed E-state index contributed by atoms with van der Waals surface area (Å²) in [5.41, 5.74) is 10.8. The molecule has 7 aromatic carbocycles. The minimum Gasteiger partial charge on any atom is -0.364 e. The third kappa shape index (κ3) is 4.07. The molecule has 0 saturated heterocycles. The van der Waals surface area contributed by atoms with E-state index in [0.29, 0.717) is 0 Å². The monoisotopic (exact) mass is 538 g/mol. The zero-order valence-electron chi connectivity index (χ0n) is 23.7. The van der Waals surface area contributed by atoms with E-state index in [1.165, 1.54) is 71.3 Å². The van der Waals surface area contributed by atoms with Crippen LogP contribution in [0.2, 0.25) is 0 Å². The average molecular weight is 539 g/mol. The highest BCUT2D eigenvalue weighted by atomic mass is 15.1. The van der Waals surface area contributed by atoms with Crippen LogP contribution in [0.3, 0.4) is 0 Å². The lowest BCUT2D eigenvalue weighted by atomic mass is 9.85. The molecule has 1 N–H and O–H groups in total. The Balaban J connectivity index is 1.32. The zero-order chi connectivity index (χ0) is 28.2. The third-order valence-corrected chi connectivity index (χ3v) is 8.61. The summed E-state index contributed by atoms with van der Waals surface area (Å²) in [5.74, 6) is 0. The van der Waals surface area contributed by atoms with Crippen LogP contribution in [0.1, 0.15) is 25.6 Å². The number of nitrogens with zero attached hydrogens (tertiary/aromatic N) is 1. The molecular formula is C40H30N2. The van der Waals surface area contributed by atoms with Crippen molar-refractivity contribution in [3.63, 3.8) is 0 Å². The van der Waals surface area contributed by atoms with Crippen molar-refractivity contribution in [3.05, 3.63) is 145 Å². The second-order valence-electron chi connectivity index (χ2n) is 11.4. The fraction of sp³-hybridized carbons (Fsp3) is 0.0750. The molecule has 42 heavy (non-hydrogen) atoms. The summed E-state index contributed by atoms with van der Waals surface area (Å²) in [7, 11) is 0. The van der Waals surface area contributed by atoms with E-state index in [0.717, 1.165) is 11.4 Å². The molecule has 8 rings (SSSR count). The van der Waals surface area contributed by atoms with Gasteiger partial charge in [-0.15, -0.1) is 0 Å². The van der Waals surface area contributed by atoms with Crippen molar-refractivity contribution in [1.82, 2.24) is 5.32 Å². The van der Waals surface area contributed by atoms with Crippen molar-refractivity contribution in [3.8, 4) is 33.4 Å². The summed E-state index contributed by atoms with van der Waals surface area (Å²) < 4.78 is 0. The lowest BCUT2D eigenvalue weighted by Gasteiger charge is -2.22. The van der Waals surface area contributed by atoms with Gasteiger partial charge in [-0.25, -0.2) is 0 Å². The van der Waals surface area contributed by atoms with Crippen molar-refractivity contribution >= 4 is 38.0 Å². The van der Waals surface area contributed by atoms with Crippen LogP contribution in [0, 0.1) is 0 Å². The molecule has 0 amide bonds. The molecule has 0 aromatic heterocycles. The molecule has 0 bridgehead atoms. The number of benzene rings is 7. The van der Waals surface area contributed by atoms with Gasteiger partial charge in [0.25, 0.3) is 0 Å². The Bertz CT molecular complexity index is 2140. The summed E-state index contributed by atoms with van der Waals surface area (Å²) in [6, 6.07) is 46.7. The van der Waals surface area contributed by atoms with Crippen LogP contribution in [-0.2, 0) is 0 Å². The van der Waals surface area contributed by atoms with Crippen molar-refractivity contribution in [2.24, 2.45) is 4.99 Å². The predicted molar refractivity (Wildman–Crippen MR) is 179 cm³/mol. The number of allylic oxidation sites excluding steroid dienone is 2. The molecule has 1 atom stereocenters. The van der Waals surface area contributed by atoms with Gasteiger partial charge in [0.1, 0.15) is 6.17 Å². The Kier molecular flexibility index (Phi) is 5.68. The van der Waals surface area contributed by atoms with Crippen LogP contribution in [0.4, 0.5) is 0 Å². The number of hydrogen-bond donors (Lipinski definition) is 1. The van der Waals surface area contributed by atoms with Crippen LogP contribution in [0.5, 0.6) is 0 Å². The maximum Gasteiger partial charge on any atom is 0.144 e. The Hall–Kier alpha value is -5.21. The Morgan fingerprint density at radius 3 is 1.71 bits per heavy atom. The lowest BCUT2D eigenvalue weighted by molar-refractivity contribution is 0.619. The van der Waals surface area contributed by atoms with E-state index in [2.05, 4.69) is 153 Å². The topological polar surface area (TPSA) is 24.4 Å². The van der Waals surface area contributed by atoms with E-state index in [1.807, 2.05) is 0 Å². The van der Waals surface area contributed by atoms with Crippen LogP contribution >= 0.6 is 0 Å². The Labute approximate surface area is 246 Å². The largest absolute Gasteiger partial charge is 0.364 e. The molecule has 1 aliphatic heterocycles. The highest BCUT2D eigenvalue weighted by Gasteiger charge is 2.18. The molecule has 0 radical (unpaired) electrons. The van der Waals surface area contributed by atoms with E-state index in [1.54, 1.807) is 0 Å². The first-order valence-corrected chi connectivity index (χ1v) is 14.6. The van der Waals surface area contributed by atoms with E-state index >= 15 is 0 Å². The first-order chi connectivity index (χ1) is 20.6. The van der Waals surface area contributed by atoms with Gasteiger partial charge in [0.05, 0.1) is 0 Å². The van der Waals surface area contributed by atoms with Gasteiger partial charge in [0.2, 0.25) is 0 Å². The van der Waals surface area contributed by atoms with Crippen LogP contribution in [-0.4, -0.2) is 5.71 Å². The molecular weight excluding hydrogens is 508 g/mol. The molecule has 0 spiro atoms. The maximum atomic E-state index is 4.82. The van der Waals surface area contributed by atoms with Gasteiger partial charge in [-0.1, -0.05) is 121 Å². The summed E-state index contributed by atoms with van der Waals surface area (Å²) in [6.45, 7) is 4.16. The van der Waals surface area contributed by atoms with Crippen molar-refractivity contribution < 1.29 is 0 Å². The van der Waals surface area contributed by atoms with Crippen molar-refractivity contribution in [1.29, 1.82) is 0 Å². The first kappa shape index (κ1) is 24.6. The van der Waals surface area contributed by atoms with Crippen LogP contribution in [0.15, 0.2) is 144 Å². The smallest absolute Gasteiger partial charge is 0.144 e. The second-order valence-corrected chi connectivity index (χ2v) is 11.4. The lowest BCUT2D eigenvalue weighted by Crippen LogP contribution is -2.22. The molecule has 1 heterocycles.